The van der Waals surface area contributed by atoms with Crippen molar-refractivity contribution in [2.75, 3.05) is 13.1 Å². The molecule has 1 aliphatic rings. The fourth-order valence-corrected chi connectivity index (χ4v) is 4.91. The minimum atomic E-state index is -3.79. The summed E-state index contributed by atoms with van der Waals surface area (Å²) in [7, 11) is -3.79. The molecule has 1 atom stereocenters. The SMILES string of the molecule is O=C(O)CC1CCN(S(=O)(=O)c2c(Cl)cccc2Cl)C1. The van der Waals surface area contributed by atoms with E-state index in [4.69, 9.17) is 28.3 Å². The van der Waals surface area contributed by atoms with Gasteiger partial charge >= 0.3 is 5.97 Å². The van der Waals surface area contributed by atoms with Gasteiger partial charge in [-0.05, 0) is 24.5 Å². The van der Waals surface area contributed by atoms with E-state index in [1.165, 1.54) is 16.4 Å². The minimum absolute atomic E-state index is 0.0394. The monoisotopic (exact) mass is 337 g/mol. The van der Waals surface area contributed by atoms with Gasteiger partial charge in [-0.1, -0.05) is 29.3 Å². The Kier molecular flexibility index (Phi) is 4.59. The van der Waals surface area contributed by atoms with Crippen LogP contribution in [0.2, 0.25) is 10.0 Å². The molecule has 0 radical (unpaired) electrons. The van der Waals surface area contributed by atoms with Crippen molar-refractivity contribution in [2.45, 2.75) is 17.7 Å². The van der Waals surface area contributed by atoms with Crippen LogP contribution in [0.5, 0.6) is 0 Å². The molecule has 8 heteroatoms. The summed E-state index contributed by atoms with van der Waals surface area (Å²) in [6.45, 7) is 0.456. The first kappa shape index (κ1) is 15.6. The quantitative estimate of drug-likeness (QED) is 0.915. The van der Waals surface area contributed by atoms with E-state index in [-0.39, 0.29) is 40.4 Å². The largest absolute Gasteiger partial charge is 0.481 e. The second-order valence-electron chi connectivity index (χ2n) is 4.67. The fourth-order valence-electron chi connectivity index (χ4n) is 2.29. The molecule has 0 bridgehead atoms. The number of benzene rings is 1. The van der Waals surface area contributed by atoms with Crippen molar-refractivity contribution in [1.82, 2.24) is 4.31 Å². The number of rotatable bonds is 4. The minimum Gasteiger partial charge on any atom is -0.481 e. The van der Waals surface area contributed by atoms with Crippen molar-refractivity contribution >= 4 is 39.2 Å². The summed E-state index contributed by atoms with van der Waals surface area (Å²) < 4.78 is 26.3. The lowest BCUT2D eigenvalue weighted by atomic mass is 10.1. The van der Waals surface area contributed by atoms with Crippen molar-refractivity contribution in [3.8, 4) is 0 Å². The van der Waals surface area contributed by atoms with E-state index in [9.17, 15) is 13.2 Å². The third kappa shape index (κ3) is 3.09. The smallest absolute Gasteiger partial charge is 0.303 e. The van der Waals surface area contributed by atoms with Gasteiger partial charge in [-0.3, -0.25) is 4.79 Å². The molecule has 0 amide bonds. The van der Waals surface area contributed by atoms with Gasteiger partial charge in [0, 0.05) is 19.5 Å². The van der Waals surface area contributed by atoms with Gasteiger partial charge in [0.15, 0.2) is 0 Å². The highest BCUT2D eigenvalue weighted by atomic mass is 35.5. The van der Waals surface area contributed by atoms with Gasteiger partial charge in [0.1, 0.15) is 4.90 Å². The van der Waals surface area contributed by atoms with Gasteiger partial charge in [-0.15, -0.1) is 0 Å². The van der Waals surface area contributed by atoms with Crippen LogP contribution in [-0.4, -0.2) is 36.9 Å². The molecule has 0 saturated carbocycles. The highest BCUT2D eigenvalue weighted by molar-refractivity contribution is 7.89. The van der Waals surface area contributed by atoms with Crippen LogP contribution >= 0.6 is 23.2 Å². The summed E-state index contributed by atoms with van der Waals surface area (Å²) >= 11 is 11.9. The third-order valence-electron chi connectivity index (χ3n) is 3.23. The Hall–Kier alpha value is -0.820. The molecule has 1 saturated heterocycles. The Morgan fingerprint density at radius 3 is 2.50 bits per heavy atom. The molecule has 1 unspecified atom stereocenters. The molecule has 1 N–H and O–H groups in total. The zero-order valence-corrected chi connectivity index (χ0v) is 12.7. The predicted octanol–water partition coefficient (Wildman–Crippen LogP) is 2.48. The first-order valence-electron chi connectivity index (χ1n) is 5.98. The van der Waals surface area contributed by atoms with Crippen LogP contribution in [-0.2, 0) is 14.8 Å². The summed E-state index contributed by atoms with van der Waals surface area (Å²) in [5.74, 6) is -1.10. The Morgan fingerprint density at radius 1 is 1.35 bits per heavy atom. The summed E-state index contributed by atoms with van der Waals surface area (Å²) in [6, 6.07) is 4.50. The molecular formula is C12H13Cl2NO4S. The molecule has 20 heavy (non-hydrogen) atoms. The number of hydrogen-bond acceptors (Lipinski definition) is 3. The van der Waals surface area contributed by atoms with E-state index in [1.54, 1.807) is 6.07 Å². The zero-order chi connectivity index (χ0) is 14.9. The normalized spacial score (nSPS) is 20.2. The lowest BCUT2D eigenvalue weighted by molar-refractivity contribution is -0.137. The number of carboxylic acids is 1. The summed E-state index contributed by atoms with van der Waals surface area (Å²) in [5, 5.41) is 8.90. The molecule has 0 spiro atoms. The molecule has 5 nitrogen and oxygen atoms in total. The lowest BCUT2D eigenvalue weighted by Gasteiger charge is -2.18. The molecule has 1 heterocycles. The van der Waals surface area contributed by atoms with E-state index in [0.717, 1.165) is 0 Å². The molecule has 2 rings (SSSR count). The van der Waals surface area contributed by atoms with Crippen molar-refractivity contribution in [2.24, 2.45) is 5.92 Å². The van der Waals surface area contributed by atoms with Gasteiger partial charge in [-0.2, -0.15) is 4.31 Å². The topological polar surface area (TPSA) is 74.7 Å². The number of halogens is 2. The van der Waals surface area contributed by atoms with Gasteiger partial charge in [0.2, 0.25) is 10.0 Å². The molecule has 1 aliphatic heterocycles. The Labute approximate surface area is 127 Å². The summed E-state index contributed by atoms with van der Waals surface area (Å²) in [6.07, 6.45) is 0.482. The summed E-state index contributed by atoms with van der Waals surface area (Å²) in [4.78, 5) is 10.6. The Balaban J connectivity index is 2.26. The van der Waals surface area contributed by atoms with Crippen molar-refractivity contribution in [1.29, 1.82) is 0 Å². The molecular weight excluding hydrogens is 325 g/mol. The highest BCUT2D eigenvalue weighted by Gasteiger charge is 2.35. The highest BCUT2D eigenvalue weighted by Crippen LogP contribution is 2.34. The van der Waals surface area contributed by atoms with Crippen molar-refractivity contribution in [3.63, 3.8) is 0 Å². The first-order chi connectivity index (χ1) is 9.32. The van der Waals surface area contributed by atoms with Crippen LogP contribution in [0.4, 0.5) is 0 Å². The third-order valence-corrected chi connectivity index (χ3v) is 6.05. The van der Waals surface area contributed by atoms with Crippen LogP contribution in [0.15, 0.2) is 23.1 Å². The number of hydrogen-bond donors (Lipinski definition) is 1. The van der Waals surface area contributed by atoms with E-state index < -0.39 is 16.0 Å². The predicted molar refractivity (Wildman–Crippen MR) is 75.6 cm³/mol. The standard InChI is InChI=1S/C12H13Cl2NO4S/c13-9-2-1-3-10(14)12(9)20(18,19)15-5-4-8(7-15)6-11(16)17/h1-3,8H,4-7H2,(H,16,17). The van der Waals surface area contributed by atoms with E-state index >= 15 is 0 Å². The van der Waals surface area contributed by atoms with E-state index in [0.29, 0.717) is 6.42 Å². The van der Waals surface area contributed by atoms with Gasteiger partial charge in [0.25, 0.3) is 0 Å². The average molecular weight is 338 g/mol. The maximum Gasteiger partial charge on any atom is 0.303 e. The Bertz CT molecular complexity index is 612. The number of aliphatic carboxylic acids is 1. The van der Waals surface area contributed by atoms with E-state index in [1.807, 2.05) is 0 Å². The Morgan fingerprint density at radius 2 is 1.95 bits per heavy atom. The van der Waals surface area contributed by atoms with Crippen molar-refractivity contribution < 1.29 is 18.3 Å². The van der Waals surface area contributed by atoms with Crippen LogP contribution in [0.25, 0.3) is 0 Å². The second kappa shape index (κ2) is 5.89. The van der Waals surface area contributed by atoms with Gasteiger partial charge in [0.05, 0.1) is 10.0 Å². The lowest BCUT2D eigenvalue weighted by Crippen LogP contribution is -2.29. The van der Waals surface area contributed by atoms with Gasteiger partial charge in [-0.25, -0.2) is 8.42 Å². The number of nitrogens with zero attached hydrogens (tertiary/aromatic N) is 1. The van der Waals surface area contributed by atoms with Crippen molar-refractivity contribution in [3.05, 3.63) is 28.2 Å². The van der Waals surface area contributed by atoms with E-state index in [2.05, 4.69) is 0 Å². The average Bonchev–Trinajstić information content (AvgIpc) is 2.76. The molecule has 0 aromatic heterocycles. The fraction of sp³-hybridized carbons (Fsp3) is 0.417. The van der Waals surface area contributed by atoms with Crippen LogP contribution < -0.4 is 0 Å². The number of carboxylic acid groups (broad SMARTS) is 1. The van der Waals surface area contributed by atoms with Crippen LogP contribution in [0.3, 0.4) is 0 Å². The van der Waals surface area contributed by atoms with Crippen LogP contribution in [0, 0.1) is 5.92 Å². The molecule has 110 valence electrons. The number of sulfonamides is 1. The van der Waals surface area contributed by atoms with Gasteiger partial charge < -0.3 is 5.11 Å². The number of carbonyl (C=O) groups is 1. The van der Waals surface area contributed by atoms with Crippen LogP contribution in [0.1, 0.15) is 12.8 Å². The maximum absolute atomic E-state index is 12.5. The molecule has 0 aliphatic carbocycles. The molecule has 1 aromatic rings. The zero-order valence-electron chi connectivity index (χ0n) is 10.4. The summed E-state index contributed by atoms with van der Waals surface area (Å²) in [5.41, 5.74) is 0. The maximum atomic E-state index is 12.5. The second-order valence-corrected chi connectivity index (χ2v) is 7.36. The molecule has 1 aromatic carbocycles. The first-order valence-corrected chi connectivity index (χ1v) is 8.18. The molecule has 1 fully saturated rings.